The van der Waals surface area contributed by atoms with Crippen molar-refractivity contribution >= 4 is 11.6 Å². The van der Waals surface area contributed by atoms with E-state index in [1.54, 1.807) is 14.2 Å². The lowest BCUT2D eigenvalue weighted by molar-refractivity contribution is 0.306. The Morgan fingerprint density at radius 1 is 0.793 bits per heavy atom. The molecule has 0 amide bonds. The van der Waals surface area contributed by atoms with Gasteiger partial charge in [0.25, 0.3) is 0 Å². The van der Waals surface area contributed by atoms with Crippen molar-refractivity contribution in [3.63, 3.8) is 0 Å². The molecular weight excluding hydrogens is 386 g/mol. The fourth-order valence-electron chi connectivity index (χ4n) is 2.99. The van der Waals surface area contributed by atoms with E-state index < -0.39 is 0 Å². The molecule has 3 aromatic rings. The molecule has 0 atom stereocenters. The van der Waals surface area contributed by atoms with Crippen molar-refractivity contribution in [3.05, 3.63) is 88.4 Å². The Balaban J connectivity index is 1.46. The van der Waals surface area contributed by atoms with Crippen molar-refractivity contribution in [3.8, 4) is 17.2 Å². The number of halogens is 1. The molecule has 0 aliphatic heterocycles. The van der Waals surface area contributed by atoms with Crippen LogP contribution < -0.4 is 19.5 Å². The molecule has 0 spiro atoms. The summed E-state index contributed by atoms with van der Waals surface area (Å²) in [6.07, 6.45) is 0.910. The van der Waals surface area contributed by atoms with E-state index in [9.17, 15) is 0 Å². The molecule has 3 rings (SSSR count). The Labute approximate surface area is 177 Å². The summed E-state index contributed by atoms with van der Waals surface area (Å²) in [6.45, 7) is 2.17. The van der Waals surface area contributed by atoms with Gasteiger partial charge in [0.15, 0.2) is 11.5 Å². The Morgan fingerprint density at radius 2 is 1.55 bits per heavy atom. The molecule has 0 bridgehead atoms. The molecular formula is C24H26ClNO3. The smallest absolute Gasteiger partial charge is 0.160 e. The van der Waals surface area contributed by atoms with Gasteiger partial charge in [-0.3, -0.25) is 0 Å². The summed E-state index contributed by atoms with van der Waals surface area (Å²) < 4.78 is 16.5. The van der Waals surface area contributed by atoms with Crippen molar-refractivity contribution in [1.82, 2.24) is 5.32 Å². The van der Waals surface area contributed by atoms with Gasteiger partial charge in [0.1, 0.15) is 12.4 Å². The van der Waals surface area contributed by atoms with Crippen molar-refractivity contribution in [2.24, 2.45) is 0 Å². The maximum absolute atomic E-state index is 5.92. The van der Waals surface area contributed by atoms with E-state index in [-0.39, 0.29) is 0 Å². The largest absolute Gasteiger partial charge is 0.493 e. The fourth-order valence-corrected chi connectivity index (χ4v) is 3.12. The first-order chi connectivity index (χ1) is 14.2. The van der Waals surface area contributed by atoms with Crippen LogP contribution in [0.4, 0.5) is 0 Å². The zero-order valence-electron chi connectivity index (χ0n) is 16.8. The molecule has 0 heterocycles. The minimum atomic E-state index is 0.521. The molecule has 5 heteroatoms. The molecule has 3 aromatic carbocycles. The summed E-state index contributed by atoms with van der Waals surface area (Å²) in [5.41, 5.74) is 3.48. The van der Waals surface area contributed by atoms with E-state index >= 15 is 0 Å². The van der Waals surface area contributed by atoms with Crippen LogP contribution in [0.5, 0.6) is 17.2 Å². The Bertz CT molecular complexity index is 912. The van der Waals surface area contributed by atoms with Gasteiger partial charge in [-0.25, -0.2) is 0 Å². The molecule has 0 aromatic heterocycles. The number of methoxy groups -OCH3 is 2. The van der Waals surface area contributed by atoms with E-state index in [1.807, 2.05) is 48.5 Å². The second kappa shape index (κ2) is 10.7. The average Bonchev–Trinajstić information content (AvgIpc) is 2.76. The third kappa shape index (κ3) is 6.41. The highest BCUT2D eigenvalue weighted by Crippen LogP contribution is 2.27. The Morgan fingerprint density at radius 3 is 2.31 bits per heavy atom. The van der Waals surface area contributed by atoms with E-state index in [1.165, 1.54) is 11.1 Å². The van der Waals surface area contributed by atoms with Crippen LogP contribution in [0.3, 0.4) is 0 Å². The van der Waals surface area contributed by atoms with Gasteiger partial charge in [-0.1, -0.05) is 41.9 Å². The standard InChI is InChI=1S/C24H26ClNO3/c1-27-23-11-8-18(15-24(23)28-2)12-13-26-16-20-4-3-5-22(14-20)29-17-19-6-9-21(25)10-7-19/h3-11,14-15,26H,12-13,16-17H2,1-2H3. The predicted octanol–water partition coefficient (Wildman–Crippen LogP) is 5.27. The normalized spacial score (nSPS) is 10.6. The molecule has 0 saturated heterocycles. The van der Waals surface area contributed by atoms with Crippen LogP contribution in [0.2, 0.25) is 5.02 Å². The van der Waals surface area contributed by atoms with Crippen molar-refractivity contribution in [1.29, 1.82) is 0 Å². The second-order valence-corrected chi connectivity index (χ2v) is 7.12. The topological polar surface area (TPSA) is 39.7 Å². The molecule has 4 nitrogen and oxygen atoms in total. The predicted molar refractivity (Wildman–Crippen MR) is 117 cm³/mol. The summed E-state index contributed by atoms with van der Waals surface area (Å²) in [5.74, 6) is 2.37. The van der Waals surface area contributed by atoms with Gasteiger partial charge < -0.3 is 19.5 Å². The van der Waals surface area contributed by atoms with Gasteiger partial charge in [-0.2, -0.15) is 0 Å². The third-order valence-electron chi connectivity index (χ3n) is 4.58. The highest BCUT2D eigenvalue weighted by molar-refractivity contribution is 6.30. The van der Waals surface area contributed by atoms with Gasteiger partial charge in [-0.05, 0) is 66.1 Å². The fraction of sp³-hybridized carbons (Fsp3) is 0.250. The third-order valence-corrected chi connectivity index (χ3v) is 4.84. The van der Waals surface area contributed by atoms with Gasteiger partial charge in [0.05, 0.1) is 14.2 Å². The number of hydrogen-bond donors (Lipinski definition) is 1. The van der Waals surface area contributed by atoms with Crippen molar-refractivity contribution < 1.29 is 14.2 Å². The molecule has 152 valence electrons. The molecule has 0 unspecified atom stereocenters. The monoisotopic (exact) mass is 411 g/mol. The van der Waals surface area contributed by atoms with Crippen molar-refractivity contribution in [2.75, 3.05) is 20.8 Å². The molecule has 0 fully saturated rings. The summed E-state index contributed by atoms with van der Waals surface area (Å²) in [5, 5.41) is 4.21. The molecule has 0 aliphatic carbocycles. The average molecular weight is 412 g/mol. The molecule has 0 aliphatic rings. The zero-order chi connectivity index (χ0) is 20.5. The van der Waals surface area contributed by atoms with Gasteiger partial charge in [0.2, 0.25) is 0 Å². The lowest BCUT2D eigenvalue weighted by atomic mass is 10.1. The summed E-state index contributed by atoms with van der Waals surface area (Å²) in [4.78, 5) is 0. The number of hydrogen-bond acceptors (Lipinski definition) is 4. The second-order valence-electron chi connectivity index (χ2n) is 6.68. The Hall–Kier alpha value is -2.69. The molecule has 1 N–H and O–H groups in total. The number of benzene rings is 3. The minimum Gasteiger partial charge on any atom is -0.493 e. The van der Waals surface area contributed by atoms with Crippen LogP contribution in [0.25, 0.3) is 0 Å². The van der Waals surface area contributed by atoms with Gasteiger partial charge in [0, 0.05) is 11.6 Å². The van der Waals surface area contributed by atoms with Crippen LogP contribution in [-0.2, 0) is 19.6 Å². The van der Waals surface area contributed by atoms with Crippen LogP contribution in [-0.4, -0.2) is 20.8 Å². The zero-order valence-corrected chi connectivity index (χ0v) is 17.5. The number of nitrogens with one attached hydrogen (secondary N) is 1. The summed E-state index contributed by atoms with van der Waals surface area (Å²) >= 11 is 5.92. The first-order valence-electron chi connectivity index (χ1n) is 9.56. The lowest BCUT2D eigenvalue weighted by Gasteiger charge is -2.11. The quantitative estimate of drug-likeness (QED) is 0.461. The van der Waals surface area contributed by atoms with Crippen LogP contribution in [0, 0.1) is 0 Å². The maximum atomic E-state index is 5.92. The highest BCUT2D eigenvalue weighted by Gasteiger charge is 2.04. The van der Waals surface area contributed by atoms with E-state index in [4.69, 9.17) is 25.8 Å². The molecule has 0 radical (unpaired) electrons. The molecule has 29 heavy (non-hydrogen) atoms. The summed E-state index contributed by atoms with van der Waals surface area (Å²) in [7, 11) is 3.30. The van der Waals surface area contributed by atoms with Crippen molar-refractivity contribution in [2.45, 2.75) is 19.6 Å². The Kier molecular flexibility index (Phi) is 7.79. The lowest BCUT2D eigenvalue weighted by Crippen LogP contribution is -2.16. The number of ether oxygens (including phenoxy) is 3. The van der Waals surface area contributed by atoms with E-state index in [2.05, 4.69) is 23.5 Å². The highest BCUT2D eigenvalue weighted by atomic mass is 35.5. The van der Waals surface area contributed by atoms with Crippen LogP contribution in [0.1, 0.15) is 16.7 Å². The van der Waals surface area contributed by atoms with Crippen LogP contribution >= 0.6 is 11.6 Å². The summed E-state index contributed by atoms with van der Waals surface area (Å²) in [6, 6.07) is 21.9. The SMILES string of the molecule is COc1ccc(CCNCc2cccc(OCc3ccc(Cl)cc3)c2)cc1OC. The van der Waals surface area contributed by atoms with E-state index in [0.717, 1.165) is 47.3 Å². The first-order valence-corrected chi connectivity index (χ1v) is 9.93. The first kappa shape index (κ1) is 21.0. The minimum absolute atomic E-state index is 0.521. The van der Waals surface area contributed by atoms with Crippen LogP contribution in [0.15, 0.2) is 66.7 Å². The number of rotatable bonds is 10. The van der Waals surface area contributed by atoms with Gasteiger partial charge >= 0.3 is 0 Å². The molecule has 0 saturated carbocycles. The van der Waals surface area contributed by atoms with E-state index in [0.29, 0.717) is 6.61 Å². The maximum Gasteiger partial charge on any atom is 0.160 e. The van der Waals surface area contributed by atoms with Gasteiger partial charge in [-0.15, -0.1) is 0 Å².